The van der Waals surface area contributed by atoms with E-state index in [9.17, 15) is 9.18 Å². The van der Waals surface area contributed by atoms with Crippen LogP contribution in [-0.4, -0.2) is 5.78 Å². The van der Waals surface area contributed by atoms with Crippen LogP contribution in [0.4, 0.5) is 4.39 Å². The number of carbonyl (C=O) groups is 1. The smallest absolute Gasteiger partial charge is 0.140 e. The minimum absolute atomic E-state index is 0.185. The van der Waals surface area contributed by atoms with E-state index in [-0.39, 0.29) is 17.5 Å². The first kappa shape index (κ1) is 15.7. The molecule has 0 amide bonds. The lowest BCUT2D eigenvalue weighted by molar-refractivity contribution is -0.123. The van der Waals surface area contributed by atoms with E-state index in [1.54, 1.807) is 0 Å². The van der Waals surface area contributed by atoms with Crippen molar-refractivity contribution in [1.29, 1.82) is 0 Å². The SMILES string of the molecule is CCCC1CCC(C(=O)Cc2cc(F)cc(Br)c2)CC1. The van der Waals surface area contributed by atoms with Gasteiger partial charge in [-0.15, -0.1) is 0 Å². The molecular formula is C17H22BrFO. The number of hydrogen-bond donors (Lipinski definition) is 0. The van der Waals surface area contributed by atoms with E-state index in [0.29, 0.717) is 10.9 Å². The summed E-state index contributed by atoms with van der Waals surface area (Å²) in [4.78, 5) is 12.3. The number of halogens is 2. The summed E-state index contributed by atoms with van der Waals surface area (Å²) in [5.41, 5.74) is 0.776. The molecule has 0 radical (unpaired) electrons. The van der Waals surface area contributed by atoms with Gasteiger partial charge in [0.15, 0.2) is 0 Å². The number of benzene rings is 1. The summed E-state index contributed by atoms with van der Waals surface area (Å²) in [6.07, 6.45) is 7.27. The van der Waals surface area contributed by atoms with Gasteiger partial charge in [0.2, 0.25) is 0 Å². The maximum Gasteiger partial charge on any atom is 0.140 e. The van der Waals surface area contributed by atoms with Crippen molar-refractivity contribution in [3.63, 3.8) is 0 Å². The van der Waals surface area contributed by atoms with E-state index in [4.69, 9.17) is 0 Å². The third-order valence-corrected chi connectivity index (χ3v) is 4.76. The van der Waals surface area contributed by atoms with Crippen molar-refractivity contribution >= 4 is 21.7 Å². The first-order valence-electron chi connectivity index (χ1n) is 7.56. The van der Waals surface area contributed by atoms with Gasteiger partial charge in [-0.1, -0.05) is 35.7 Å². The summed E-state index contributed by atoms with van der Waals surface area (Å²) in [6, 6.07) is 4.72. The molecule has 1 aromatic rings. The molecule has 1 nitrogen and oxygen atoms in total. The van der Waals surface area contributed by atoms with Crippen molar-refractivity contribution < 1.29 is 9.18 Å². The second-order valence-electron chi connectivity index (χ2n) is 5.93. The second kappa shape index (κ2) is 7.35. The highest BCUT2D eigenvalue weighted by molar-refractivity contribution is 9.10. The number of Topliss-reactive ketones (excluding diaryl/α,β-unsaturated/α-hetero) is 1. The van der Waals surface area contributed by atoms with Gasteiger partial charge in [0.25, 0.3) is 0 Å². The second-order valence-corrected chi connectivity index (χ2v) is 6.84. The van der Waals surface area contributed by atoms with Crippen molar-refractivity contribution in [3.8, 4) is 0 Å². The fraction of sp³-hybridized carbons (Fsp3) is 0.588. The topological polar surface area (TPSA) is 17.1 Å². The Balaban J connectivity index is 1.89. The third-order valence-electron chi connectivity index (χ3n) is 4.30. The standard InChI is InChI=1S/C17H22BrFO/c1-2-3-12-4-6-14(7-5-12)17(20)10-13-8-15(18)11-16(19)9-13/h8-9,11-12,14H,2-7,10H2,1H3. The number of rotatable bonds is 5. The normalized spacial score (nSPS) is 22.8. The van der Waals surface area contributed by atoms with Crippen LogP contribution in [0.15, 0.2) is 22.7 Å². The summed E-state index contributed by atoms with van der Waals surface area (Å²) in [5, 5.41) is 0. The van der Waals surface area contributed by atoms with Crippen LogP contribution in [0.3, 0.4) is 0 Å². The Bertz CT molecular complexity index is 444. The predicted octanol–water partition coefficient (Wildman–Crippen LogP) is 5.31. The largest absolute Gasteiger partial charge is 0.299 e. The summed E-state index contributed by atoms with van der Waals surface area (Å²) >= 11 is 3.27. The summed E-state index contributed by atoms with van der Waals surface area (Å²) in [5.74, 6) is 0.990. The number of carbonyl (C=O) groups excluding carboxylic acids is 1. The van der Waals surface area contributed by atoms with Gasteiger partial charge in [-0.25, -0.2) is 4.39 Å². The van der Waals surface area contributed by atoms with E-state index in [1.165, 1.54) is 37.8 Å². The molecule has 0 spiro atoms. The molecule has 1 saturated carbocycles. The van der Waals surface area contributed by atoms with Gasteiger partial charge in [0.05, 0.1) is 0 Å². The molecule has 1 fully saturated rings. The molecule has 0 saturated heterocycles. The molecule has 1 aliphatic rings. The Morgan fingerprint density at radius 3 is 2.55 bits per heavy atom. The Morgan fingerprint density at radius 2 is 1.95 bits per heavy atom. The zero-order chi connectivity index (χ0) is 14.5. The van der Waals surface area contributed by atoms with Crippen molar-refractivity contribution in [2.24, 2.45) is 11.8 Å². The molecule has 0 aliphatic heterocycles. The molecule has 0 bridgehead atoms. The maximum absolute atomic E-state index is 13.3. The molecule has 0 atom stereocenters. The van der Waals surface area contributed by atoms with Crippen LogP contribution in [0.25, 0.3) is 0 Å². The average molecular weight is 341 g/mol. The monoisotopic (exact) mass is 340 g/mol. The van der Waals surface area contributed by atoms with E-state index in [0.717, 1.165) is 24.3 Å². The fourth-order valence-electron chi connectivity index (χ4n) is 3.24. The summed E-state index contributed by atoms with van der Waals surface area (Å²) < 4.78 is 14.0. The van der Waals surface area contributed by atoms with Crippen LogP contribution in [0.2, 0.25) is 0 Å². The first-order valence-corrected chi connectivity index (χ1v) is 8.35. The Morgan fingerprint density at radius 1 is 1.25 bits per heavy atom. The highest BCUT2D eigenvalue weighted by Gasteiger charge is 2.25. The van der Waals surface area contributed by atoms with E-state index >= 15 is 0 Å². The van der Waals surface area contributed by atoms with E-state index in [1.807, 2.05) is 6.07 Å². The van der Waals surface area contributed by atoms with Crippen LogP contribution in [0, 0.1) is 17.7 Å². The third kappa shape index (κ3) is 4.41. The lowest BCUT2D eigenvalue weighted by Gasteiger charge is -2.27. The van der Waals surface area contributed by atoms with Crippen molar-refractivity contribution in [2.75, 3.05) is 0 Å². The van der Waals surface area contributed by atoms with Gasteiger partial charge in [-0.05, 0) is 55.4 Å². The quantitative estimate of drug-likeness (QED) is 0.710. The van der Waals surface area contributed by atoms with Gasteiger partial charge in [0, 0.05) is 16.8 Å². The van der Waals surface area contributed by atoms with Gasteiger partial charge >= 0.3 is 0 Å². The molecule has 3 heteroatoms. The zero-order valence-corrected chi connectivity index (χ0v) is 13.6. The lowest BCUT2D eigenvalue weighted by atomic mass is 9.77. The van der Waals surface area contributed by atoms with Crippen molar-refractivity contribution in [1.82, 2.24) is 0 Å². The van der Waals surface area contributed by atoms with Gasteiger partial charge in [-0.3, -0.25) is 4.79 Å². The molecule has 0 heterocycles. The first-order chi connectivity index (χ1) is 9.58. The van der Waals surface area contributed by atoms with Crippen LogP contribution >= 0.6 is 15.9 Å². The van der Waals surface area contributed by atoms with Gasteiger partial charge in [0.1, 0.15) is 11.6 Å². The highest BCUT2D eigenvalue weighted by atomic mass is 79.9. The number of hydrogen-bond acceptors (Lipinski definition) is 1. The molecule has 20 heavy (non-hydrogen) atoms. The molecule has 0 unspecified atom stereocenters. The van der Waals surface area contributed by atoms with E-state index < -0.39 is 0 Å². The molecule has 1 aliphatic carbocycles. The molecular weight excluding hydrogens is 319 g/mol. The van der Waals surface area contributed by atoms with Crippen LogP contribution in [0.1, 0.15) is 51.0 Å². The molecule has 0 aromatic heterocycles. The fourth-order valence-corrected chi connectivity index (χ4v) is 3.75. The van der Waals surface area contributed by atoms with Gasteiger partial charge in [-0.2, -0.15) is 0 Å². The maximum atomic E-state index is 13.3. The van der Waals surface area contributed by atoms with E-state index in [2.05, 4.69) is 22.9 Å². The summed E-state index contributed by atoms with van der Waals surface area (Å²) in [6.45, 7) is 2.22. The zero-order valence-electron chi connectivity index (χ0n) is 12.0. The average Bonchev–Trinajstić information content (AvgIpc) is 2.38. The number of ketones is 1. The molecule has 0 N–H and O–H groups in total. The van der Waals surface area contributed by atoms with Crippen LogP contribution in [0.5, 0.6) is 0 Å². The molecule has 110 valence electrons. The Hall–Kier alpha value is -0.700. The molecule has 1 aromatic carbocycles. The minimum Gasteiger partial charge on any atom is -0.299 e. The lowest BCUT2D eigenvalue weighted by Crippen LogP contribution is -2.23. The van der Waals surface area contributed by atoms with Gasteiger partial charge < -0.3 is 0 Å². The van der Waals surface area contributed by atoms with Crippen LogP contribution in [-0.2, 0) is 11.2 Å². The molecule has 2 rings (SSSR count). The Kier molecular flexibility index (Phi) is 5.76. The van der Waals surface area contributed by atoms with Crippen LogP contribution < -0.4 is 0 Å². The van der Waals surface area contributed by atoms with Crippen molar-refractivity contribution in [3.05, 3.63) is 34.1 Å². The minimum atomic E-state index is -0.283. The summed E-state index contributed by atoms with van der Waals surface area (Å²) in [7, 11) is 0. The van der Waals surface area contributed by atoms with Crippen molar-refractivity contribution in [2.45, 2.75) is 51.9 Å². The Labute approximate surface area is 129 Å². The predicted molar refractivity (Wildman–Crippen MR) is 83.2 cm³/mol. The highest BCUT2D eigenvalue weighted by Crippen LogP contribution is 2.32.